The quantitative estimate of drug-likeness (QED) is 0.731. The maximum absolute atomic E-state index is 12.6. The molecule has 0 saturated carbocycles. The van der Waals surface area contributed by atoms with E-state index < -0.39 is 0 Å². The third-order valence-electron chi connectivity index (χ3n) is 5.89. The molecule has 2 saturated heterocycles. The molecule has 0 amide bonds. The fourth-order valence-electron chi connectivity index (χ4n) is 4.51. The molecule has 0 N–H and O–H groups in total. The van der Waals surface area contributed by atoms with Crippen molar-refractivity contribution in [3.8, 4) is 5.75 Å². The second-order valence-corrected chi connectivity index (χ2v) is 7.47. The van der Waals surface area contributed by atoms with Gasteiger partial charge in [0.05, 0.1) is 25.5 Å². The van der Waals surface area contributed by atoms with Crippen LogP contribution in [-0.4, -0.2) is 50.5 Å². The minimum atomic E-state index is -0.323. The fourth-order valence-corrected chi connectivity index (χ4v) is 4.51. The van der Waals surface area contributed by atoms with E-state index >= 15 is 0 Å². The molecule has 2 aliphatic heterocycles. The van der Waals surface area contributed by atoms with Crippen LogP contribution in [-0.2, 0) is 9.47 Å². The zero-order valence-corrected chi connectivity index (χ0v) is 16.6. The molecule has 2 aliphatic rings. The van der Waals surface area contributed by atoms with Gasteiger partial charge in [0.2, 0.25) is 0 Å². The Morgan fingerprint density at radius 1 is 1.29 bits per heavy atom. The highest BCUT2D eigenvalue weighted by Gasteiger charge is 2.31. The molecule has 1 atom stereocenters. The number of hydrogen-bond donors (Lipinski definition) is 0. The van der Waals surface area contributed by atoms with Gasteiger partial charge in [-0.2, -0.15) is 0 Å². The molecule has 6 heteroatoms. The number of ether oxygens (including phenoxy) is 3. The number of fused-ring (bicyclic) bond motifs is 1. The highest BCUT2D eigenvalue weighted by atomic mass is 16.5. The predicted molar refractivity (Wildman–Crippen MR) is 108 cm³/mol. The zero-order chi connectivity index (χ0) is 19.5. The van der Waals surface area contributed by atoms with Crippen LogP contribution >= 0.6 is 0 Å². The van der Waals surface area contributed by atoms with Crippen LogP contribution in [0.25, 0.3) is 10.9 Å². The number of esters is 1. The van der Waals surface area contributed by atoms with Crippen molar-refractivity contribution in [1.29, 1.82) is 0 Å². The van der Waals surface area contributed by atoms with Gasteiger partial charge in [0.15, 0.2) is 0 Å². The molecule has 150 valence electrons. The Morgan fingerprint density at radius 3 is 2.79 bits per heavy atom. The van der Waals surface area contributed by atoms with E-state index in [0.29, 0.717) is 29.9 Å². The van der Waals surface area contributed by atoms with E-state index in [2.05, 4.69) is 9.88 Å². The number of rotatable bonds is 5. The third kappa shape index (κ3) is 3.53. The normalized spacial score (nSPS) is 20.5. The largest absolute Gasteiger partial charge is 0.494 e. The van der Waals surface area contributed by atoms with E-state index in [1.165, 1.54) is 12.8 Å². The maximum atomic E-state index is 12.6. The maximum Gasteiger partial charge on any atom is 0.341 e. The first-order valence-electron chi connectivity index (χ1n) is 10.2. The number of para-hydroxylation sites is 1. The molecular weight excluding hydrogens is 356 g/mol. The van der Waals surface area contributed by atoms with Crippen molar-refractivity contribution in [2.75, 3.05) is 38.3 Å². The lowest BCUT2D eigenvalue weighted by Gasteiger charge is -2.37. The topological polar surface area (TPSA) is 60.9 Å². The Hall–Kier alpha value is -2.34. The predicted octanol–water partition coefficient (Wildman–Crippen LogP) is 3.82. The van der Waals surface area contributed by atoms with Crippen LogP contribution in [0.15, 0.2) is 24.4 Å². The molecular formula is C22H28N2O4. The number of carbonyl (C=O) groups is 1. The average Bonchev–Trinajstić information content (AvgIpc) is 3.27. The molecule has 28 heavy (non-hydrogen) atoms. The highest BCUT2D eigenvalue weighted by Crippen LogP contribution is 2.37. The first-order valence-corrected chi connectivity index (χ1v) is 10.2. The van der Waals surface area contributed by atoms with Crippen LogP contribution in [0.5, 0.6) is 5.75 Å². The zero-order valence-electron chi connectivity index (χ0n) is 16.6. The summed E-state index contributed by atoms with van der Waals surface area (Å²) in [6.07, 6.45) is 6.52. The summed E-state index contributed by atoms with van der Waals surface area (Å²) < 4.78 is 16.7. The second kappa shape index (κ2) is 8.35. The summed E-state index contributed by atoms with van der Waals surface area (Å²) in [5.41, 5.74) is 2.21. The number of methoxy groups -OCH3 is 1. The Balaban J connectivity index is 1.69. The van der Waals surface area contributed by atoms with E-state index in [9.17, 15) is 4.79 Å². The van der Waals surface area contributed by atoms with Gasteiger partial charge in [0.1, 0.15) is 16.8 Å². The van der Waals surface area contributed by atoms with Crippen molar-refractivity contribution in [2.24, 2.45) is 5.92 Å². The number of benzene rings is 1. The van der Waals surface area contributed by atoms with Crippen molar-refractivity contribution < 1.29 is 19.0 Å². The minimum Gasteiger partial charge on any atom is -0.494 e. The van der Waals surface area contributed by atoms with Crippen molar-refractivity contribution >= 4 is 22.6 Å². The average molecular weight is 384 g/mol. The summed E-state index contributed by atoms with van der Waals surface area (Å²) in [6.45, 7) is 4.85. The van der Waals surface area contributed by atoms with Crippen molar-refractivity contribution in [3.63, 3.8) is 0 Å². The van der Waals surface area contributed by atoms with Crippen molar-refractivity contribution in [1.82, 2.24) is 4.98 Å². The molecule has 3 heterocycles. The van der Waals surface area contributed by atoms with Crippen LogP contribution in [0, 0.1) is 5.92 Å². The number of carbonyl (C=O) groups excluding carboxylic acids is 1. The number of nitrogens with zero attached hydrogens (tertiary/aromatic N) is 2. The molecule has 0 radical (unpaired) electrons. The van der Waals surface area contributed by atoms with Crippen LogP contribution in [0.2, 0.25) is 0 Å². The van der Waals surface area contributed by atoms with Gasteiger partial charge in [-0.15, -0.1) is 0 Å². The lowest BCUT2D eigenvalue weighted by molar-refractivity contribution is 0.0515. The van der Waals surface area contributed by atoms with Crippen LogP contribution < -0.4 is 9.64 Å². The number of pyridine rings is 1. The molecule has 1 aromatic heterocycles. The molecule has 4 rings (SSSR count). The van der Waals surface area contributed by atoms with Gasteiger partial charge >= 0.3 is 5.97 Å². The van der Waals surface area contributed by atoms with E-state index in [-0.39, 0.29) is 5.97 Å². The first kappa shape index (κ1) is 19.0. The van der Waals surface area contributed by atoms with Gasteiger partial charge in [0.25, 0.3) is 0 Å². The standard InChI is InChI=1S/C22H28N2O4/c1-3-27-22(25)17-14-23-20-16(6-4-7-19(20)26-2)21(17)24-11-9-15(10-12-24)18-8-5-13-28-18/h4,6-7,14-15,18H,3,5,8-13H2,1-2H3. The molecule has 2 aromatic rings. The highest BCUT2D eigenvalue weighted by molar-refractivity contribution is 6.06. The summed E-state index contributed by atoms with van der Waals surface area (Å²) >= 11 is 0. The van der Waals surface area contributed by atoms with Crippen molar-refractivity contribution in [3.05, 3.63) is 30.0 Å². The smallest absolute Gasteiger partial charge is 0.341 e. The molecule has 0 aliphatic carbocycles. The summed E-state index contributed by atoms with van der Waals surface area (Å²) in [7, 11) is 1.64. The number of aromatic nitrogens is 1. The van der Waals surface area contributed by atoms with Gasteiger partial charge in [0, 0.05) is 31.3 Å². The lowest BCUT2D eigenvalue weighted by atomic mass is 9.89. The monoisotopic (exact) mass is 384 g/mol. The van der Waals surface area contributed by atoms with E-state index in [4.69, 9.17) is 14.2 Å². The molecule has 0 spiro atoms. The molecule has 1 unspecified atom stereocenters. The molecule has 1 aromatic carbocycles. The van der Waals surface area contributed by atoms with Gasteiger partial charge in [-0.05, 0) is 44.6 Å². The van der Waals surface area contributed by atoms with E-state index in [1.807, 2.05) is 25.1 Å². The molecule has 6 nitrogen and oxygen atoms in total. The van der Waals surface area contributed by atoms with Gasteiger partial charge in [-0.1, -0.05) is 12.1 Å². The third-order valence-corrected chi connectivity index (χ3v) is 5.89. The van der Waals surface area contributed by atoms with E-state index in [1.54, 1.807) is 13.3 Å². The van der Waals surface area contributed by atoms with Crippen LogP contribution in [0.4, 0.5) is 5.69 Å². The Kier molecular flexibility index (Phi) is 5.67. The fraction of sp³-hybridized carbons (Fsp3) is 0.545. The number of anilines is 1. The van der Waals surface area contributed by atoms with Gasteiger partial charge < -0.3 is 19.1 Å². The number of hydrogen-bond acceptors (Lipinski definition) is 6. The van der Waals surface area contributed by atoms with Crippen molar-refractivity contribution in [2.45, 2.75) is 38.7 Å². The Labute approximate surface area is 165 Å². The molecule has 2 fully saturated rings. The lowest BCUT2D eigenvalue weighted by Crippen LogP contribution is -2.38. The summed E-state index contributed by atoms with van der Waals surface area (Å²) in [5.74, 6) is 0.992. The minimum absolute atomic E-state index is 0.323. The van der Waals surface area contributed by atoms with Gasteiger partial charge in [-0.25, -0.2) is 4.79 Å². The van der Waals surface area contributed by atoms with Crippen LogP contribution in [0.1, 0.15) is 43.0 Å². The Bertz CT molecular complexity index is 840. The molecule has 0 bridgehead atoms. The summed E-state index contributed by atoms with van der Waals surface area (Å²) in [4.78, 5) is 19.5. The first-order chi connectivity index (χ1) is 13.7. The second-order valence-electron chi connectivity index (χ2n) is 7.47. The van der Waals surface area contributed by atoms with E-state index in [0.717, 1.165) is 49.1 Å². The van der Waals surface area contributed by atoms with Gasteiger partial charge in [-0.3, -0.25) is 4.98 Å². The SMILES string of the molecule is CCOC(=O)c1cnc2c(OC)cccc2c1N1CCC(C2CCCO2)CC1. The number of piperidine rings is 1. The summed E-state index contributed by atoms with van der Waals surface area (Å²) in [5, 5.41) is 0.931. The Morgan fingerprint density at radius 2 is 2.11 bits per heavy atom. The van der Waals surface area contributed by atoms with Crippen LogP contribution in [0.3, 0.4) is 0 Å². The summed E-state index contributed by atoms with van der Waals surface area (Å²) in [6, 6.07) is 5.85.